The van der Waals surface area contributed by atoms with Crippen LogP contribution in [0.3, 0.4) is 0 Å². The highest BCUT2D eigenvalue weighted by Crippen LogP contribution is 2.12. The molecule has 0 bridgehead atoms. The fourth-order valence-corrected chi connectivity index (χ4v) is 2.15. The lowest BCUT2D eigenvalue weighted by atomic mass is 10.0. The normalized spacial score (nSPS) is 12.9. The molecule has 0 heterocycles. The molecule has 17 heavy (non-hydrogen) atoms. The maximum Gasteiger partial charge on any atom is 0.0540 e. The second kappa shape index (κ2) is 14.0. The van der Waals surface area contributed by atoms with E-state index in [1.165, 1.54) is 44.9 Å². The van der Waals surface area contributed by atoms with E-state index in [4.69, 9.17) is 5.11 Å². The molecule has 2 heteroatoms. The second-order valence-corrected chi connectivity index (χ2v) is 5.14. The van der Waals surface area contributed by atoms with Crippen LogP contribution in [-0.2, 0) is 0 Å². The van der Waals surface area contributed by atoms with Crippen LogP contribution in [0, 0.1) is 0 Å². The zero-order valence-electron chi connectivity index (χ0n) is 11.7. The number of unbranched alkanes of at least 4 members (excludes halogenated alkanes) is 8. The van der Waals surface area contributed by atoms with Crippen LogP contribution in [0.4, 0.5) is 0 Å². The minimum atomic E-state index is -0.137. The Labute approximate surface area is 107 Å². The van der Waals surface area contributed by atoms with Gasteiger partial charge in [0.15, 0.2) is 0 Å². The molecule has 0 aliphatic rings. The van der Waals surface area contributed by atoms with Gasteiger partial charge in [0.2, 0.25) is 0 Å². The first-order valence-corrected chi connectivity index (χ1v) is 7.60. The third kappa shape index (κ3) is 13.9. The molecule has 0 aromatic heterocycles. The van der Waals surface area contributed by atoms with E-state index in [1.54, 1.807) is 0 Å². The molecular weight excluding hydrogens is 212 g/mol. The van der Waals surface area contributed by atoms with Crippen LogP contribution >= 0.6 is 0 Å². The minimum absolute atomic E-state index is 0.137. The molecule has 1 atom stereocenters. The van der Waals surface area contributed by atoms with Crippen LogP contribution in [0.5, 0.6) is 0 Å². The molecule has 0 rings (SSSR count). The predicted molar refractivity (Wildman–Crippen MR) is 74.2 cm³/mol. The van der Waals surface area contributed by atoms with Crippen molar-refractivity contribution in [3.8, 4) is 0 Å². The van der Waals surface area contributed by atoms with E-state index >= 15 is 0 Å². The molecule has 2 nitrogen and oxygen atoms in total. The summed E-state index contributed by atoms with van der Waals surface area (Å²) in [5.74, 6) is 0. The van der Waals surface area contributed by atoms with Gasteiger partial charge in [-0.05, 0) is 25.7 Å². The summed E-state index contributed by atoms with van der Waals surface area (Å²) >= 11 is 0. The number of aliphatic hydroxyl groups is 2. The highest BCUT2D eigenvalue weighted by atomic mass is 16.3. The maximum absolute atomic E-state index is 9.67. The molecule has 0 saturated carbocycles. The zero-order chi connectivity index (χ0) is 12.8. The van der Waals surface area contributed by atoms with E-state index < -0.39 is 0 Å². The van der Waals surface area contributed by atoms with Crippen molar-refractivity contribution in [2.75, 3.05) is 6.61 Å². The van der Waals surface area contributed by atoms with E-state index in [1.807, 2.05) is 0 Å². The van der Waals surface area contributed by atoms with Crippen molar-refractivity contribution in [3.63, 3.8) is 0 Å². The Morgan fingerprint density at radius 3 is 1.71 bits per heavy atom. The molecule has 0 fully saturated rings. The lowest BCUT2D eigenvalue weighted by Gasteiger charge is -2.09. The van der Waals surface area contributed by atoms with Gasteiger partial charge >= 0.3 is 0 Å². The number of hydrogen-bond donors (Lipinski definition) is 2. The van der Waals surface area contributed by atoms with Gasteiger partial charge < -0.3 is 10.2 Å². The van der Waals surface area contributed by atoms with Gasteiger partial charge in [0.1, 0.15) is 0 Å². The Balaban J connectivity index is 3.05. The third-order valence-corrected chi connectivity index (χ3v) is 3.34. The zero-order valence-corrected chi connectivity index (χ0v) is 11.7. The van der Waals surface area contributed by atoms with Crippen LogP contribution in [0.1, 0.15) is 84.0 Å². The monoisotopic (exact) mass is 244 g/mol. The fourth-order valence-electron chi connectivity index (χ4n) is 2.15. The van der Waals surface area contributed by atoms with Crippen molar-refractivity contribution in [1.82, 2.24) is 0 Å². The molecule has 0 amide bonds. The first kappa shape index (κ1) is 16.9. The molecular formula is C15H32O2. The van der Waals surface area contributed by atoms with Crippen LogP contribution in [0.25, 0.3) is 0 Å². The first-order valence-electron chi connectivity index (χ1n) is 7.60. The highest BCUT2D eigenvalue weighted by molar-refractivity contribution is 4.56. The molecule has 0 spiro atoms. The van der Waals surface area contributed by atoms with Crippen molar-refractivity contribution in [3.05, 3.63) is 0 Å². The summed E-state index contributed by atoms with van der Waals surface area (Å²) < 4.78 is 0. The Morgan fingerprint density at radius 2 is 1.18 bits per heavy atom. The van der Waals surface area contributed by atoms with Gasteiger partial charge in [-0.3, -0.25) is 0 Å². The van der Waals surface area contributed by atoms with E-state index in [0.29, 0.717) is 0 Å². The summed E-state index contributed by atoms with van der Waals surface area (Å²) in [6.07, 6.45) is 14.0. The van der Waals surface area contributed by atoms with Crippen molar-refractivity contribution in [2.24, 2.45) is 0 Å². The van der Waals surface area contributed by atoms with Gasteiger partial charge in [-0.25, -0.2) is 0 Å². The smallest absolute Gasteiger partial charge is 0.0540 e. The standard InChI is InChI=1S/C15H32O2/c1-2-3-4-5-6-7-8-9-12-15(17)13-10-11-14-16/h15-17H,2-14H2,1H3. The Bertz CT molecular complexity index is 137. The van der Waals surface area contributed by atoms with Crippen molar-refractivity contribution in [1.29, 1.82) is 0 Å². The Kier molecular flexibility index (Phi) is 13.9. The van der Waals surface area contributed by atoms with Gasteiger partial charge in [0, 0.05) is 6.61 Å². The summed E-state index contributed by atoms with van der Waals surface area (Å²) in [5.41, 5.74) is 0. The van der Waals surface area contributed by atoms with Crippen molar-refractivity contribution < 1.29 is 10.2 Å². The third-order valence-electron chi connectivity index (χ3n) is 3.34. The first-order chi connectivity index (χ1) is 8.31. The Hall–Kier alpha value is -0.0800. The van der Waals surface area contributed by atoms with Gasteiger partial charge in [0.25, 0.3) is 0 Å². The van der Waals surface area contributed by atoms with E-state index in [2.05, 4.69) is 6.92 Å². The number of rotatable bonds is 13. The van der Waals surface area contributed by atoms with Crippen LogP contribution < -0.4 is 0 Å². The molecule has 0 aromatic rings. The van der Waals surface area contributed by atoms with Gasteiger partial charge in [-0.1, -0.05) is 58.3 Å². The highest BCUT2D eigenvalue weighted by Gasteiger charge is 2.03. The van der Waals surface area contributed by atoms with Gasteiger partial charge in [0.05, 0.1) is 6.10 Å². The summed E-state index contributed by atoms with van der Waals surface area (Å²) in [5, 5.41) is 18.3. The molecule has 0 aliphatic carbocycles. The molecule has 104 valence electrons. The van der Waals surface area contributed by atoms with Crippen LogP contribution in [-0.4, -0.2) is 22.9 Å². The van der Waals surface area contributed by atoms with Crippen LogP contribution in [0.15, 0.2) is 0 Å². The molecule has 0 saturated heterocycles. The molecule has 0 radical (unpaired) electrons. The number of aliphatic hydroxyl groups excluding tert-OH is 2. The molecule has 2 N–H and O–H groups in total. The van der Waals surface area contributed by atoms with Crippen LogP contribution in [0.2, 0.25) is 0 Å². The summed E-state index contributed by atoms with van der Waals surface area (Å²) in [7, 11) is 0. The fraction of sp³-hybridized carbons (Fsp3) is 1.00. The topological polar surface area (TPSA) is 40.5 Å². The predicted octanol–water partition coefficient (Wildman–Crippen LogP) is 4.04. The van der Waals surface area contributed by atoms with E-state index in [0.717, 1.165) is 32.1 Å². The van der Waals surface area contributed by atoms with Crippen molar-refractivity contribution in [2.45, 2.75) is 90.1 Å². The lowest BCUT2D eigenvalue weighted by Crippen LogP contribution is -2.06. The van der Waals surface area contributed by atoms with Crippen molar-refractivity contribution >= 4 is 0 Å². The minimum Gasteiger partial charge on any atom is -0.396 e. The van der Waals surface area contributed by atoms with E-state index in [-0.39, 0.29) is 12.7 Å². The lowest BCUT2D eigenvalue weighted by molar-refractivity contribution is 0.144. The average molecular weight is 244 g/mol. The largest absolute Gasteiger partial charge is 0.396 e. The summed E-state index contributed by atoms with van der Waals surface area (Å²) in [4.78, 5) is 0. The van der Waals surface area contributed by atoms with Gasteiger partial charge in [-0.2, -0.15) is 0 Å². The summed E-state index contributed by atoms with van der Waals surface area (Å²) in [6.45, 7) is 2.50. The second-order valence-electron chi connectivity index (χ2n) is 5.14. The SMILES string of the molecule is CCCCCCCCCCC(O)CCCCO. The van der Waals surface area contributed by atoms with E-state index in [9.17, 15) is 5.11 Å². The Morgan fingerprint density at radius 1 is 0.706 bits per heavy atom. The summed E-state index contributed by atoms with van der Waals surface area (Å²) in [6, 6.07) is 0. The average Bonchev–Trinajstić information content (AvgIpc) is 2.33. The molecule has 0 aromatic carbocycles. The number of hydrogen-bond acceptors (Lipinski definition) is 2. The quantitative estimate of drug-likeness (QED) is 0.480. The maximum atomic E-state index is 9.67. The molecule has 1 unspecified atom stereocenters. The molecule has 0 aliphatic heterocycles. The van der Waals surface area contributed by atoms with Gasteiger partial charge in [-0.15, -0.1) is 0 Å².